The fraction of sp³-hybridized carbons (Fsp3) is 0.250. The fourth-order valence-corrected chi connectivity index (χ4v) is 2.79. The summed E-state index contributed by atoms with van der Waals surface area (Å²) in [4.78, 5) is 23.1. The van der Waals surface area contributed by atoms with Gasteiger partial charge in [0.1, 0.15) is 0 Å². The number of aryl methyl sites for hydroxylation is 1. The van der Waals surface area contributed by atoms with E-state index >= 15 is 0 Å². The van der Waals surface area contributed by atoms with Gasteiger partial charge in [-0.05, 0) is 48.9 Å². The van der Waals surface area contributed by atoms with Gasteiger partial charge in [0.25, 0.3) is 5.56 Å². The third kappa shape index (κ3) is 2.13. The molecule has 1 aromatic carbocycles. The van der Waals surface area contributed by atoms with E-state index in [2.05, 4.69) is 6.07 Å². The molecule has 1 aromatic heterocycles. The van der Waals surface area contributed by atoms with Crippen molar-refractivity contribution >= 4 is 5.97 Å². The van der Waals surface area contributed by atoms with Gasteiger partial charge in [-0.2, -0.15) is 0 Å². The Bertz CT molecular complexity index is 731. The summed E-state index contributed by atoms with van der Waals surface area (Å²) >= 11 is 0. The lowest BCUT2D eigenvalue weighted by Gasteiger charge is -2.20. The van der Waals surface area contributed by atoms with Crippen molar-refractivity contribution in [3.8, 4) is 5.69 Å². The van der Waals surface area contributed by atoms with Crippen molar-refractivity contribution in [2.24, 2.45) is 0 Å². The molecule has 0 aliphatic heterocycles. The molecule has 0 amide bonds. The van der Waals surface area contributed by atoms with E-state index in [9.17, 15) is 9.59 Å². The quantitative estimate of drug-likeness (QED) is 0.910. The Morgan fingerprint density at radius 3 is 2.70 bits per heavy atom. The molecule has 0 atom stereocenters. The Kier molecular flexibility index (Phi) is 3.14. The first-order valence-electron chi connectivity index (χ1n) is 6.74. The van der Waals surface area contributed by atoms with Crippen molar-refractivity contribution in [1.29, 1.82) is 0 Å². The van der Waals surface area contributed by atoms with E-state index in [4.69, 9.17) is 5.11 Å². The summed E-state index contributed by atoms with van der Waals surface area (Å²) in [6.07, 6.45) is 5.65. The van der Waals surface area contributed by atoms with Gasteiger partial charge >= 0.3 is 5.97 Å². The average molecular weight is 269 g/mol. The number of carboxylic acid groups (broad SMARTS) is 1. The van der Waals surface area contributed by atoms with Gasteiger partial charge < -0.3 is 5.11 Å². The Morgan fingerprint density at radius 1 is 1.10 bits per heavy atom. The molecule has 102 valence electrons. The highest BCUT2D eigenvalue weighted by atomic mass is 16.4. The molecule has 0 saturated carbocycles. The van der Waals surface area contributed by atoms with Crippen molar-refractivity contribution in [3.63, 3.8) is 0 Å². The van der Waals surface area contributed by atoms with Crippen LogP contribution < -0.4 is 5.56 Å². The minimum Gasteiger partial charge on any atom is -0.478 e. The fourth-order valence-electron chi connectivity index (χ4n) is 2.79. The lowest BCUT2D eigenvalue weighted by atomic mass is 9.90. The summed E-state index contributed by atoms with van der Waals surface area (Å²) in [5.74, 6) is -1.02. The van der Waals surface area contributed by atoms with Crippen molar-refractivity contribution in [3.05, 3.63) is 63.6 Å². The summed E-state index contributed by atoms with van der Waals surface area (Å²) in [6.45, 7) is 0. The summed E-state index contributed by atoms with van der Waals surface area (Å²) < 4.78 is 1.45. The van der Waals surface area contributed by atoms with E-state index in [-0.39, 0.29) is 11.1 Å². The monoisotopic (exact) mass is 269 g/mol. The summed E-state index contributed by atoms with van der Waals surface area (Å²) in [5.41, 5.74) is 3.17. The van der Waals surface area contributed by atoms with Crippen molar-refractivity contribution in [2.45, 2.75) is 25.7 Å². The number of aromatic carboxylic acids is 1. The van der Waals surface area contributed by atoms with Crippen LogP contribution in [0.1, 0.15) is 34.3 Å². The summed E-state index contributed by atoms with van der Waals surface area (Å²) in [5, 5.41) is 9.07. The van der Waals surface area contributed by atoms with Crippen LogP contribution in [0, 0.1) is 0 Å². The lowest BCUT2D eigenvalue weighted by molar-refractivity contribution is 0.0696. The maximum absolute atomic E-state index is 12.1. The van der Waals surface area contributed by atoms with E-state index in [1.165, 1.54) is 40.4 Å². The molecule has 0 unspecified atom stereocenters. The van der Waals surface area contributed by atoms with Crippen LogP contribution in [-0.4, -0.2) is 15.6 Å². The number of carboxylic acids is 1. The van der Waals surface area contributed by atoms with Crippen LogP contribution in [0.15, 0.2) is 41.3 Å². The van der Waals surface area contributed by atoms with Gasteiger partial charge in [0.05, 0.1) is 11.3 Å². The number of nitrogens with zero attached hydrogens (tertiary/aromatic N) is 1. The molecule has 4 nitrogen and oxygen atoms in total. The first kappa shape index (κ1) is 12.7. The molecule has 1 aliphatic carbocycles. The highest BCUT2D eigenvalue weighted by molar-refractivity contribution is 5.87. The standard InChI is InChI=1S/C16H15NO3/c18-15-9-8-12(16(19)20)10-17(15)14-7-3-5-11-4-1-2-6-13(11)14/h3,5,7-10H,1-2,4,6H2,(H,19,20). The molecular formula is C16H15NO3. The zero-order valence-corrected chi connectivity index (χ0v) is 11.0. The number of rotatable bonds is 2. The molecule has 1 heterocycles. The number of aromatic nitrogens is 1. The Morgan fingerprint density at radius 2 is 1.90 bits per heavy atom. The van der Waals surface area contributed by atoms with Gasteiger partial charge in [0, 0.05) is 12.3 Å². The maximum Gasteiger partial charge on any atom is 0.337 e. The van der Waals surface area contributed by atoms with E-state index in [1.807, 2.05) is 12.1 Å². The average Bonchev–Trinajstić information content (AvgIpc) is 2.47. The normalized spacial score (nSPS) is 13.8. The minimum absolute atomic E-state index is 0.123. The molecule has 4 heteroatoms. The zero-order chi connectivity index (χ0) is 14.1. The van der Waals surface area contributed by atoms with Gasteiger partial charge in [-0.3, -0.25) is 9.36 Å². The molecule has 0 spiro atoms. The molecule has 1 N–H and O–H groups in total. The number of pyridine rings is 1. The predicted octanol–water partition coefficient (Wildman–Crippen LogP) is 2.41. The number of fused-ring (bicyclic) bond motifs is 1. The first-order valence-corrected chi connectivity index (χ1v) is 6.74. The zero-order valence-electron chi connectivity index (χ0n) is 11.0. The van der Waals surface area contributed by atoms with E-state index in [1.54, 1.807) is 0 Å². The number of benzene rings is 1. The highest BCUT2D eigenvalue weighted by Gasteiger charge is 2.15. The van der Waals surface area contributed by atoms with Crippen LogP contribution in [0.2, 0.25) is 0 Å². The second kappa shape index (κ2) is 4.96. The largest absolute Gasteiger partial charge is 0.478 e. The Balaban J connectivity index is 2.21. The molecule has 20 heavy (non-hydrogen) atoms. The van der Waals surface area contributed by atoms with Crippen LogP contribution in [0.3, 0.4) is 0 Å². The molecule has 3 rings (SSSR count). The molecule has 2 aromatic rings. The van der Waals surface area contributed by atoms with Gasteiger partial charge in [0.2, 0.25) is 0 Å². The smallest absolute Gasteiger partial charge is 0.337 e. The highest BCUT2D eigenvalue weighted by Crippen LogP contribution is 2.26. The topological polar surface area (TPSA) is 59.3 Å². The van der Waals surface area contributed by atoms with E-state index in [0.717, 1.165) is 24.9 Å². The van der Waals surface area contributed by atoms with Gasteiger partial charge in [0.15, 0.2) is 0 Å². The minimum atomic E-state index is -1.02. The van der Waals surface area contributed by atoms with Crippen LogP contribution in [0.4, 0.5) is 0 Å². The lowest BCUT2D eigenvalue weighted by Crippen LogP contribution is -2.21. The summed E-state index contributed by atoms with van der Waals surface area (Å²) in [7, 11) is 0. The Hall–Kier alpha value is -2.36. The molecule has 0 fully saturated rings. The SMILES string of the molecule is O=C(O)c1ccc(=O)n(-c2cccc3c2CCCC3)c1. The third-order valence-corrected chi connectivity index (χ3v) is 3.79. The number of carbonyl (C=O) groups is 1. The third-order valence-electron chi connectivity index (χ3n) is 3.79. The molecule has 0 bridgehead atoms. The molecular weight excluding hydrogens is 254 g/mol. The van der Waals surface area contributed by atoms with Gasteiger partial charge in [-0.15, -0.1) is 0 Å². The number of hydrogen-bond donors (Lipinski definition) is 1. The van der Waals surface area contributed by atoms with Gasteiger partial charge in [-0.25, -0.2) is 4.79 Å². The predicted molar refractivity (Wildman–Crippen MR) is 75.6 cm³/mol. The summed E-state index contributed by atoms with van der Waals surface area (Å²) in [6, 6.07) is 8.56. The van der Waals surface area contributed by atoms with Crippen LogP contribution in [0.25, 0.3) is 5.69 Å². The molecule has 1 aliphatic rings. The Labute approximate surface area is 116 Å². The second-order valence-electron chi connectivity index (χ2n) is 5.05. The van der Waals surface area contributed by atoms with Crippen LogP contribution >= 0.6 is 0 Å². The van der Waals surface area contributed by atoms with E-state index in [0.29, 0.717) is 0 Å². The van der Waals surface area contributed by atoms with Gasteiger partial charge in [-0.1, -0.05) is 12.1 Å². The second-order valence-corrected chi connectivity index (χ2v) is 5.05. The van der Waals surface area contributed by atoms with Crippen LogP contribution in [0.5, 0.6) is 0 Å². The molecule has 0 saturated heterocycles. The van der Waals surface area contributed by atoms with Crippen molar-refractivity contribution < 1.29 is 9.90 Å². The number of hydrogen-bond acceptors (Lipinski definition) is 2. The first-order chi connectivity index (χ1) is 9.66. The maximum atomic E-state index is 12.1. The molecule has 0 radical (unpaired) electrons. The van der Waals surface area contributed by atoms with Crippen molar-refractivity contribution in [1.82, 2.24) is 4.57 Å². The van der Waals surface area contributed by atoms with Crippen molar-refractivity contribution in [2.75, 3.05) is 0 Å². The van der Waals surface area contributed by atoms with Crippen LogP contribution in [-0.2, 0) is 12.8 Å². The van der Waals surface area contributed by atoms with E-state index < -0.39 is 5.97 Å².